The summed E-state index contributed by atoms with van der Waals surface area (Å²) >= 11 is 0. The lowest BCUT2D eigenvalue weighted by molar-refractivity contribution is -0.124. The minimum absolute atomic E-state index is 0.443. The molecule has 0 saturated heterocycles. The first-order valence-electron chi connectivity index (χ1n) is 4.44. The maximum atomic E-state index is 10.8. The molecule has 5 heteroatoms. The monoisotopic (exact) mass is 210 g/mol. The van der Waals surface area contributed by atoms with Crippen molar-refractivity contribution in [2.24, 2.45) is 5.73 Å². The average molecular weight is 210 g/mol. The van der Waals surface area contributed by atoms with E-state index >= 15 is 0 Å². The van der Waals surface area contributed by atoms with E-state index in [1.54, 1.807) is 25.1 Å². The molecule has 5 nitrogen and oxygen atoms in total. The van der Waals surface area contributed by atoms with Gasteiger partial charge in [0, 0.05) is 11.8 Å². The fourth-order valence-electron chi connectivity index (χ4n) is 1.03. The Labute approximate surface area is 88.0 Å². The highest BCUT2D eigenvalue weighted by molar-refractivity contribution is 5.78. The predicted molar refractivity (Wildman–Crippen MR) is 56.7 cm³/mol. The highest BCUT2D eigenvalue weighted by Gasteiger charge is 2.13. The molecule has 1 unspecified atom stereocenters. The number of hydrogen-bond donors (Lipinski definition) is 2. The van der Waals surface area contributed by atoms with Gasteiger partial charge >= 0.3 is 0 Å². The number of methoxy groups -OCH3 is 1. The number of anilines is 1. The normalized spacial score (nSPS) is 11.9. The molecule has 0 spiro atoms. The minimum atomic E-state index is -0.706. The Morgan fingerprint density at radius 1 is 1.40 bits per heavy atom. The molecule has 1 atom stereocenters. The molecule has 0 aliphatic heterocycles. The van der Waals surface area contributed by atoms with Crippen LogP contribution in [0.4, 0.5) is 5.69 Å². The van der Waals surface area contributed by atoms with Crippen molar-refractivity contribution in [2.45, 2.75) is 13.0 Å². The van der Waals surface area contributed by atoms with Crippen molar-refractivity contribution in [1.82, 2.24) is 0 Å². The Morgan fingerprint density at radius 3 is 2.60 bits per heavy atom. The maximum Gasteiger partial charge on any atom is 0.258 e. The zero-order valence-electron chi connectivity index (χ0n) is 8.69. The van der Waals surface area contributed by atoms with Crippen molar-refractivity contribution in [3.05, 3.63) is 18.2 Å². The molecule has 1 aromatic rings. The second kappa shape index (κ2) is 4.54. The summed E-state index contributed by atoms with van der Waals surface area (Å²) in [7, 11) is 1.50. The fourth-order valence-corrected chi connectivity index (χ4v) is 1.03. The standard InChI is InChI=1S/C10H14N2O3/c1-6(10(12)13)15-8-4-3-7(11)5-9(8)14-2/h3-6H,11H2,1-2H3,(H2,12,13). The Morgan fingerprint density at radius 2 is 2.07 bits per heavy atom. The van der Waals surface area contributed by atoms with Gasteiger partial charge in [0.2, 0.25) is 0 Å². The molecule has 0 fully saturated rings. The van der Waals surface area contributed by atoms with E-state index in [0.29, 0.717) is 17.2 Å². The van der Waals surface area contributed by atoms with E-state index in [-0.39, 0.29) is 0 Å². The van der Waals surface area contributed by atoms with Crippen molar-refractivity contribution >= 4 is 11.6 Å². The van der Waals surface area contributed by atoms with Gasteiger partial charge in [0.05, 0.1) is 7.11 Å². The minimum Gasteiger partial charge on any atom is -0.493 e. The molecule has 0 saturated carbocycles. The molecule has 82 valence electrons. The molecular formula is C10H14N2O3. The molecule has 15 heavy (non-hydrogen) atoms. The zero-order chi connectivity index (χ0) is 11.4. The maximum absolute atomic E-state index is 10.8. The second-order valence-corrected chi connectivity index (χ2v) is 3.07. The first kappa shape index (κ1) is 11.2. The van der Waals surface area contributed by atoms with Crippen LogP contribution >= 0.6 is 0 Å². The van der Waals surface area contributed by atoms with Gasteiger partial charge in [-0.15, -0.1) is 0 Å². The predicted octanol–water partition coefficient (Wildman–Crippen LogP) is 0.530. The van der Waals surface area contributed by atoms with Gasteiger partial charge in [-0.1, -0.05) is 0 Å². The van der Waals surface area contributed by atoms with Gasteiger partial charge in [-0.05, 0) is 19.1 Å². The van der Waals surface area contributed by atoms with Gasteiger partial charge in [0.1, 0.15) is 0 Å². The van der Waals surface area contributed by atoms with Crippen molar-refractivity contribution in [3.8, 4) is 11.5 Å². The zero-order valence-corrected chi connectivity index (χ0v) is 8.69. The summed E-state index contributed by atoms with van der Waals surface area (Å²) < 4.78 is 10.3. The Kier molecular flexibility index (Phi) is 3.38. The first-order chi connectivity index (χ1) is 7.04. The van der Waals surface area contributed by atoms with Crippen molar-refractivity contribution in [2.75, 3.05) is 12.8 Å². The van der Waals surface area contributed by atoms with Gasteiger partial charge in [0.15, 0.2) is 17.6 Å². The molecule has 0 aromatic heterocycles. The van der Waals surface area contributed by atoms with Crippen molar-refractivity contribution in [1.29, 1.82) is 0 Å². The van der Waals surface area contributed by atoms with Crippen LogP contribution in [0.15, 0.2) is 18.2 Å². The number of nitrogens with two attached hydrogens (primary N) is 2. The third-order valence-electron chi connectivity index (χ3n) is 1.89. The van der Waals surface area contributed by atoms with Crippen LogP contribution < -0.4 is 20.9 Å². The van der Waals surface area contributed by atoms with Crippen LogP contribution in [0.5, 0.6) is 11.5 Å². The van der Waals surface area contributed by atoms with E-state index in [9.17, 15) is 4.79 Å². The molecule has 4 N–H and O–H groups in total. The van der Waals surface area contributed by atoms with E-state index in [2.05, 4.69) is 0 Å². The molecular weight excluding hydrogens is 196 g/mol. The summed E-state index contributed by atoms with van der Waals surface area (Å²) in [6.07, 6.45) is -0.706. The van der Waals surface area contributed by atoms with Crippen LogP contribution in [0.2, 0.25) is 0 Å². The van der Waals surface area contributed by atoms with Gasteiger partial charge < -0.3 is 20.9 Å². The molecule has 0 heterocycles. The molecule has 0 bridgehead atoms. The molecule has 1 aromatic carbocycles. The Hall–Kier alpha value is -1.91. The van der Waals surface area contributed by atoms with Crippen LogP contribution in [-0.2, 0) is 4.79 Å². The smallest absolute Gasteiger partial charge is 0.258 e. The topological polar surface area (TPSA) is 87.6 Å². The van der Waals surface area contributed by atoms with E-state index in [0.717, 1.165) is 0 Å². The van der Waals surface area contributed by atoms with Crippen LogP contribution in [0.3, 0.4) is 0 Å². The van der Waals surface area contributed by atoms with Gasteiger partial charge in [-0.25, -0.2) is 0 Å². The number of benzene rings is 1. The summed E-state index contributed by atoms with van der Waals surface area (Å²) in [4.78, 5) is 10.8. The summed E-state index contributed by atoms with van der Waals surface area (Å²) in [5, 5.41) is 0. The van der Waals surface area contributed by atoms with E-state index in [4.69, 9.17) is 20.9 Å². The second-order valence-electron chi connectivity index (χ2n) is 3.07. The van der Waals surface area contributed by atoms with Crippen molar-refractivity contribution < 1.29 is 14.3 Å². The first-order valence-corrected chi connectivity index (χ1v) is 4.44. The number of rotatable bonds is 4. The lowest BCUT2D eigenvalue weighted by Gasteiger charge is -2.14. The van der Waals surface area contributed by atoms with E-state index in [1.165, 1.54) is 7.11 Å². The number of hydrogen-bond acceptors (Lipinski definition) is 4. The van der Waals surface area contributed by atoms with E-state index in [1.807, 2.05) is 0 Å². The Bertz CT molecular complexity index is 366. The quantitative estimate of drug-likeness (QED) is 0.709. The van der Waals surface area contributed by atoms with Gasteiger partial charge in [-0.2, -0.15) is 0 Å². The average Bonchev–Trinajstić information content (AvgIpc) is 2.20. The highest BCUT2D eigenvalue weighted by atomic mass is 16.5. The number of nitrogen functional groups attached to an aromatic ring is 1. The summed E-state index contributed by atoms with van der Waals surface area (Å²) in [6, 6.07) is 4.90. The molecule has 1 amide bonds. The Balaban J connectivity index is 2.89. The number of amides is 1. The number of carbonyl (C=O) groups is 1. The van der Waals surface area contributed by atoms with Crippen molar-refractivity contribution in [3.63, 3.8) is 0 Å². The van der Waals surface area contributed by atoms with Gasteiger partial charge in [-0.3, -0.25) is 4.79 Å². The third kappa shape index (κ3) is 2.77. The lowest BCUT2D eigenvalue weighted by atomic mass is 10.2. The summed E-state index contributed by atoms with van der Waals surface area (Å²) in [5.74, 6) is 0.384. The van der Waals surface area contributed by atoms with Gasteiger partial charge in [0.25, 0.3) is 5.91 Å². The number of ether oxygens (including phenoxy) is 2. The third-order valence-corrected chi connectivity index (χ3v) is 1.89. The summed E-state index contributed by atoms with van der Waals surface area (Å²) in [5.41, 5.74) is 11.2. The lowest BCUT2D eigenvalue weighted by Crippen LogP contribution is -2.30. The van der Waals surface area contributed by atoms with E-state index < -0.39 is 12.0 Å². The van der Waals surface area contributed by atoms with Crippen LogP contribution in [0.25, 0.3) is 0 Å². The summed E-state index contributed by atoms with van der Waals surface area (Å²) in [6.45, 7) is 1.57. The molecule has 0 aliphatic rings. The molecule has 0 radical (unpaired) electrons. The molecule has 1 rings (SSSR count). The fraction of sp³-hybridized carbons (Fsp3) is 0.300. The number of carbonyl (C=O) groups excluding carboxylic acids is 1. The SMILES string of the molecule is COc1cc(N)ccc1OC(C)C(N)=O. The number of primary amides is 1. The molecule has 0 aliphatic carbocycles. The van der Waals surface area contributed by atoms with Crippen LogP contribution in [-0.4, -0.2) is 19.1 Å². The van der Waals surface area contributed by atoms with Crippen LogP contribution in [0, 0.1) is 0 Å². The largest absolute Gasteiger partial charge is 0.493 e. The highest BCUT2D eigenvalue weighted by Crippen LogP contribution is 2.29. The van der Waals surface area contributed by atoms with Crippen LogP contribution in [0.1, 0.15) is 6.92 Å².